The molecule has 4 heterocycles. The molecule has 3 aromatic heterocycles. The minimum Gasteiger partial charge on any atom is -0.388 e. The SMILES string of the molecule is CNc1ccn2ncc(-c3cccc(N4CCNCC4)n3)c2c1. The molecule has 1 aliphatic rings. The molecule has 2 N–H and O–H groups in total. The Morgan fingerprint density at radius 1 is 1.17 bits per heavy atom. The molecule has 4 rings (SSSR count). The highest BCUT2D eigenvalue weighted by atomic mass is 15.2. The summed E-state index contributed by atoms with van der Waals surface area (Å²) in [6.45, 7) is 4.01. The lowest BCUT2D eigenvalue weighted by Gasteiger charge is -2.28. The Labute approximate surface area is 135 Å². The van der Waals surface area contributed by atoms with Crippen LogP contribution < -0.4 is 15.5 Å². The predicted molar refractivity (Wildman–Crippen MR) is 93.1 cm³/mol. The lowest BCUT2D eigenvalue weighted by Crippen LogP contribution is -2.43. The van der Waals surface area contributed by atoms with Crippen molar-refractivity contribution in [2.24, 2.45) is 0 Å². The zero-order valence-electron chi connectivity index (χ0n) is 13.2. The maximum Gasteiger partial charge on any atom is 0.129 e. The van der Waals surface area contributed by atoms with Crippen LogP contribution in [0.4, 0.5) is 11.5 Å². The van der Waals surface area contributed by atoms with E-state index in [0.717, 1.165) is 54.5 Å². The van der Waals surface area contributed by atoms with E-state index in [-0.39, 0.29) is 0 Å². The van der Waals surface area contributed by atoms with Gasteiger partial charge in [-0.1, -0.05) is 6.07 Å². The fraction of sp³-hybridized carbons (Fsp3) is 0.294. The number of nitrogens with one attached hydrogen (secondary N) is 2. The zero-order chi connectivity index (χ0) is 15.6. The quantitative estimate of drug-likeness (QED) is 0.773. The van der Waals surface area contributed by atoms with Gasteiger partial charge in [0.05, 0.1) is 17.4 Å². The molecule has 0 aliphatic carbocycles. The number of rotatable bonds is 3. The van der Waals surface area contributed by atoms with Crippen LogP contribution in [0.25, 0.3) is 16.8 Å². The van der Waals surface area contributed by atoms with Crippen molar-refractivity contribution in [2.75, 3.05) is 43.4 Å². The molecule has 0 spiro atoms. The van der Waals surface area contributed by atoms with Crippen LogP contribution in [0.1, 0.15) is 0 Å². The normalized spacial score (nSPS) is 15.1. The van der Waals surface area contributed by atoms with E-state index in [1.165, 1.54) is 0 Å². The van der Waals surface area contributed by atoms with Crippen LogP contribution in [0.5, 0.6) is 0 Å². The summed E-state index contributed by atoms with van der Waals surface area (Å²) in [6, 6.07) is 10.3. The van der Waals surface area contributed by atoms with Crippen molar-refractivity contribution in [3.63, 3.8) is 0 Å². The average molecular weight is 308 g/mol. The van der Waals surface area contributed by atoms with E-state index in [4.69, 9.17) is 4.98 Å². The standard InChI is InChI=1S/C17H20N6/c1-18-13-5-8-23-16(11-13)14(12-20-23)15-3-2-4-17(21-15)22-9-6-19-7-10-22/h2-5,8,11-12,18-19H,6-7,9-10H2,1H3. The number of fused-ring (bicyclic) bond motifs is 1. The van der Waals surface area contributed by atoms with E-state index in [0.29, 0.717) is 0 Å². The smallest absolute Gasteiger partial charge is 0.129 e. The van der Waals surface area contributed by atoms with Crippen molar-refractivity contribution in [1.29, 1.82) is 0 Å². The van der Waals surface area contributed by atoms with Crippen molar-refractivity contribution in [3.8, 4) is 11.3 Å². The zero-order valence-corrected chi connectivity index (χ0v) is 13.2. The molecule has 1 aliphatic heterocycles. The van der Waals surface area contributed by atoms with Crippen LogP contribution in [0, 0.1) is 0 Å². The Balaban J connectivity index is 1.75. The van der Waals surface area contributed by atoms with Gasteiger partial charge in [0, 0.05) is 50.7 Å². The summed E-state index contributed by atoms with van der Waals surface area (Å²) >= 11 is 0. The van der Waals surface area contributed by atoms with Crippen molar-refractivity contribution < 1.29 is 0 Å². The minimum atomic E-state index is 0.962. The molecular formula is C17H20N6. The first-order valence-corrected chi connectivity index (χ1v) is 7.93. The van der Waals surface area contributed by atoms with Gasteiger partial charge >= 0.3 is 0 Å². The number of aromatic nitrogens is 3. The topological polar surface area (TPSA) is 57.5 Å². The number of piperazine rings is 1. The third kappa shape index (κ3) is 2.61. The van der Waals surface area contributed by atoms with Gasteiger partial charge in [-0.2, -0.15) is 5.10 Å². The van der Waals surface area contributed by atoms with Gasteiger partial charge in [0.15, 0.2) is 0 Å². The Kier molecular flexibility index (Phi) is 3.59. The lowest BCUT2D eigenvalue weighted by atomic mass is 10.1. The third-order valence-electron chi connectivity index (χ3n) is 4.26. The number of hydrogen-bond donors (Lipinski definition) is 2. The molecule has 23 heavy (non-hydrogen) atoms. The molecule has 0 amide bonds. The summed E-state index contributed by atoms with van der Waals surface area (Å²) in [6.07, 6.45) is 3.85. The van der Waals surface area contributed by atoms with E-state index in [9.17, 15) is 0 Å². The second kappa shape index (κ2) is 5.89. The van der Waals surface area contributed by atoms with E-state index < -0.39 is 0 Å². The van der Waals surface area contributed by atoms with Crippen molar-refractivity contribution in [1.82, 2.24) is 19.9 Å². The fourth-order valence-corrected chi connectivity index (χ4v) is 2.98. The minimum absolute atomic E-state index is 0.962. The van der Waals surface area contributed by atoms with Crippen molar-refractivity contribution in [3.05, 3.63) is 42.7 Å². The molecule has 0 saturated carbocycles. The highest BCUT2D eigenvalue weighted by Gasteiger charge is 2.14. The molecule has 0 unspecified atom stereocenters. The van der Waals surface area contributed by atoms with Gasteiger partial charge < -0.3 is 15.5 Å². The molecule has 0 atom stereocenters. The first-order valence-electron chi connectivity index (χ1n) is 7.93. The number of anilines is 2. The monoisotopic (exact) mass is 308 g/mol. The molecule has 6 heteroatoms. The van der Waals surface area contributed by atoms with Gasteiger partial charge in [0.1, 0.15) is 5.82 Å². The third-order valence-corrected chi connectivity index (χ3v) is 4.26. The summed E-state index contributed by atoms with van der Waals surface area (Å²) in [5.41, 5.74) is 4.14. The van der Waals surface area contributed by atoms with E-state index in [2.05, 4.69) is 44.9 Å². The number of pyridine rings is 2. The van der Waals surface area contributed by atoms with Crippen LogP contribution in [-0.4, -0.2) is 47.8 Å². The molecule has 1 fully saturated rings. The van der Waals surface area contributed by atoms with Crippen LogP contribution >= 0.6 is 0 Å². The Bertz CT molecular complexity index is 819. The average Bonchev–Trinajstić information content (AvgIpc) is 3.05. The van der Waals surface area contributed by atoms with Crippen LogP contribution in [0.2, 0.25) is 0 Å². The Hall–Kier alpha value is -2.60. The number of hydrogen-bond acceptors (Lipinski definition) is 5. The second-order valence-corrected chi connectivity index (χ2v) is 5.67. The van der Waals surface area contributed by atoms with Crippen molar-refractivity contribution >= 4 is 17.0 Å². The molecule has 3 aromatic rings. The molecule has 1 saturated heterocycles. The summed E-state index contributed by atoms with van der Waals surface area (Å²) in [5.74, 6) is 1.04. The van der Waals surface area contributed by atoms with Gasteiger partial charge in [-0.3, -0.25) is 0 Å². The van der Waals surface area contributed by atoms with Crippen LogP contribution in [0.15, 0.2) is 42.7 Å². The van der Waals surface area contributed by atoms with Crippen LogP contribution in [-0.2, 0) is 0 Å². The highest BCUT2D eigenvalue weighted by molar-refractivity contribution is 5.80. The molecule has 118 valence electrons. The maximum absolute atomic E-state index is 4.87. The molecule has 6 nitrogen and oxygen atoms in total. The maximum atomic E-state index is 4.87. The second-order valence-electron chi connectivity index (χ2n) is 5.67. The first-order chi connectivity index (χ1) is 11.3. The Morgan fingerprint density at radius 2 is 2.04 bits per heavy atom. The number of nitrogens with zero attached hydrogens (tertiary/aromatic N) is 4. The lowest BCUT2D eigenvalue weighted by molar-refractivity contribution is 0.585. The predicted octanol–water partition coefficient (Wildman–Crippen LogP) is 1.85. The van der Waals surface area contributed by atoms with E-state index >= 15 is 0 Å². The first kappa shape index (κ1) is 14.0. The molecule has 0 aromatic carbocycles. The Morgan fingerprint density at radius 3 is 2.87 bits per heavy atom. The summed E-state index contributed by atoms with van der Waals surface area (Å²) in [7, 11) is 1.92. The van der Waals surface area contributed by atoms with Gasteiger partial charge in [0.25, 0.3) is 0 Å². The van der Waals surface area contributed by atoms with Gasteiger partial charge in [-0.05, 0) is 24.3 Å². The van der Waals surface area contributed by atoms with E-state index in [1.807, 2.05) is 30.0 Å². The van der Waals surface area contributed by atoms with Gasteiger partial charge in [-0.15, -0.1) is 0 Å². The van der Waals surface area contributed by atoms with Gasteiger partial charge in [-0.25, -0.2) is 9.50 Å². The highest BCUT2D eigenvalue weighted by Crippen LogP contribution is 2.26. The molecule has 0 radical (unpaired) electrons. The van der Waals surface area contributed by atoms with Gasteiger partial charge in [0.2, 0.25) is 0 Å². The fourth-order valence-electron chi connectivity index (χ4n) is 2.98. The summed E-state index contributed by atoms with van der Waals surface area (Å²) in [5, 5.41) is 11.0. The van der Waals surface area contributed by atoms with Crippen molar-refractivity contribution in [2.45, 2.75) is 0 Å². The summed E-state index contributed by atoms with van der Waals surface area (Å²) in [4.78, 5) is 7.19. The van der Waals surface area contributed by atoms with E-state index in [1.54, 1.807) is 0 Å². The van der Waals surface area contributed by atoms with Crippen LogP contribution in [0.3, 0.4) is 0 Å². The molecular weight excluding hydrogens is 288 g/mol. The summed E-state index contributed by atoms with van der Waals surface area (Å²) < 4.78 is 1.88. The molecule has 0 bridgehead atoms. The largest absolute Gasteiger partial charge is 0.388 e.